The summed E-state index contributed by atoms with van der Waals surface area (Å²) < 4.78 is 0. The van der Waals surface area contributed by atoms with E-state index >= 15 is 0 Å². The predicted octanol–water partition coefficient (Wildman–Crippen LogP) is 4.19. The number of hydrogen-bond acceptors (Lipinski definition) is 3. The highest BCUT2D eigenvalue weighted by atomic mass is 35.5. The fraction of sp³-hybridized carbons (Fsp3) is 0.417. The van der Waals surface area contributed by atoms with Crippen LogP contribution in [0.1, 0.15) is 54.6 Å². The minimum atomic E-state index is -0.421. The summed E-state index contributed by atoms with van der Waals surface area (Å²) in [6, 6.07) is 16.3. The van der Waals surface area contributed by atoms with E-state index in [4.69, 9.17) is 11.6 Å². The molecule has 1 saturated heterocycles. The summed E-state index contributed by atoms with van der Waals surface area (Å²) >= 11 is 6.17. The first kappa shape index (κ1) is 22.3. The van der Waals surface area contributed by atoms with Gasteiger partial charge >= 0.3 is 0 Å². The van der Waals surface area contributed by atoms with E-state index in [1.165, 1.54) is 0 Å². The van der Waals surface area contributed by atoms with Crippen molar-refractivity contribution in [3.05, 3.63) is 70.7 Å². The molecule has 2 aromatic rings. The van der Waals surface area contributed by atoms with Crippen LogP contribution in [0.25, 0.3) is 0 Å². The third kappa shape index (κ3) is 6.31. The molecule has 0 radical (unpaired) electrons. The first-order chi connectivity index (χ1) is 14.6. The molecule has 5 nitrogen and oxygen atoms in total. The van der Waals surface area contributed by atoms with Crippen molar-refractivity contribution >= 4 is 23.4 Å². The van der Waals surface area contributed by atoms with Gasteiger partial charge in [-0.3, -0.25) is 9.59 Å². The van der Waals surface area contributed by atoms with E-state index in [0.717, 1.165) is 44.5 Å². The maximum Gasteiger partial charge on any atom is 0.253 e. The van der Waals surface area contributed by atoms with Crippen molar-refractivity contribution in [3.8, 4) is 0 Å². The van der Waals surface area contributed by atoms with E-state index in [1.54, 1.807) is 24.3 Å². The van der Waals surface area contributed by atoms with Crippen LogP contribution in [0.5, 0.6) is 0 Å². The lowest BCUT2D eigenvalue weighted by atomic mass is 10.0. The summed E-state index contributed by atoms with van der Waals surface area (Å²) in [5.74, 6) is -0.326. The summed E-state index contributed by atoms with van der Waals surface area (Å²) in [5, 5.41) is 6.55. The first-order valence-corrected chi connectivity index (χ1v) is 11.1. The largest absolute Gasteiger partial charge is 0.353 e. The highest BCUT2D eigenvalue weighted by Gasteiger charge is 2.24. The van der Waals surface area contributed by atoms with Crippen LogP contribution in [0.15, 0.2) is 54.6 Å². The molecule has 160 valence electrons. The van der Waals surface area contributed by atoms with Gasteiger partial charge in [-0.05, 0) is 43.5 Å². The first-order valence-electron chi connectivity index (χ1n) is 10.7. The lowest BCUT2D eigenvalue weighted by Crippen LogP contribution is -2.45. The fourth-order valence-corrected chi connectivity index (χ4v) is 4.13. The van der Waals surface area contributed by atoms with Gasteiger partial charge in [-0.25, -0.2) is 0 Å². The molecule has 0 bridgehead atoms. The highest BCUT2D eigenvalue weighted by molar-refractivity contribution is 6.33. The van der Waals surface area contributed by atoms with Gasteiger partial charge in [0.15, 0.2) is 0 Å². The summed E-state index contributed by atoms with van der Waals surface area (Å²) in [4.78, 5) is 28.0. The van der Waals surface area contributed by atoms with Crippen molar-refractivity contribution in [2.24, 2.45) is 0 Å². The Morgan fingerprint density at radius 1 is 1.07 bits per heavy atom. The number of benzene rings is 2. The van der Waals surface area contributed by atoms with Crippen LogP contribution in [-0.4, -0.2) is 42.4 Å². The molecule has 1 aliphatic heterocycles. The summed E-state index contributed by atoms with van der Waals surface area (Å²) in [5.41, 5.74) is 1.30. The molecule has 1 fully saturated rings. The maximum atomic E-state index is 12.8. The third-order valence-electron chi connectivity index (χ3n) is 5.51. The molecule has 0 spiro atoms. The van der Waals surface area contributed by atoms with Gasteiger partial charge in [-0.2, -0.15) is 0 Å². The molecule has 1 aliphatic rings. The highest BCUT2D eigenvalue weighted by Crippen LogP contribution is 2.21. The molecule has 30 heavy (non-hydrogen) atoms. The molecule has 3 rings (SSSR count). The molecule has 0 aromatic heterocycles. The molecule has 2 N–H and O–H groups in total. The minimum Gasteiger partial charge on any atom is -0.353 e. The van der Waals surface area contributed by atoms with E-state index in [9.17, 15) is 9.59 Å². The van der Waals surface area contributed by atoms with Crippen LogP contribution in [-0.2, 0) is 4.79 Å². The number of rotatable bonds is 8. The number of nitrogens with one attached hydrogen (secondary N) is 2. The standard InChI is InChI=1S/C24H30ClN3O2/c1-2-14-28-15-12-19(13-16-28)26-23(29)17-22(18-8-4-3-5-9-18)27-24(30)20-10-6-7-11-21(20)25/h3-11,19,22H,2,12-17H2,1H3,(H,26,29)(H,27,30). The second-order valence-electron chi connectivity index (χ2n) is 7.80. The number of piperidine rings is 1. The fourth-order valence-electron chi connectivity index (χ4n) is 3.91. The Morgan fingerprint density at radius 2 is 1.73 bits per heavy atom. The van der Waals surface area contributed by atoms with E-state index in [2.05, 4.69) is 22.5 Å². The smallest absolute Gasteiger partial charge is 0.253 e. The van der Waals surface area contributed by atoms with Crippen molar-refractivity contribution < 1.29 is 9.59 Å². The van der Waals surface area contributed by atoms with E-state index in [0.29, 0.717) is 10.6 Å². The van der Waals surface area contributed by atoms with Crippen LogP contribution in [0, 0.1) is 0 Å². The van der Waals surface area contributed by atoms with Crippen molar-refractivity contribution in [1.82, 2.24) is 15.5 Å². The quantitative estimate of drug-likeness (QED) is 0.664. The summed E-state index contributed by atoms with van der Waals surface area (Å²) in [6.07, 6.45) is 3.28. The average Bonchev–Trinajstić information content (AvgIpc) is 2.75. The van der Waals surface area contributed by atoms with Gasteiger partial charge in [0.25, 0.3) is 5.91 Å². The number of carbonyl (C=O) groups excluding carboxylic acids is 2. The molecule has 1 unspecified atom stereocenters. The lowest BCUT2D eigenvalue weighted by Gasteiger charge is -2.32. The molecule has 0 saturated carbocycles. The predicted molar refractivity (Wildman–Crippen MR) is 121 cm³/mol. The number of likely N-dealkylation sites (tertiary alicyclic amines) is 1. The van der Waals surface area contributed by atoms with Crippen LogP contribution in [0.2, 0.25) is 5.02 Å². The monoisotopic (exact) mass is 427 g/mol. The van der Waals surface area contributed by atoms with Crippen LogP contribution in [0.4, 0.5) is 0 Å². The molecule has 2 amide bonds. The Bertz CT molecular complexity index is 835. The van der Waals surface area contributed by atoms with Crippen molar-refractivity contribution in [2.75, 3.05) is 19.6 Å². The van der Waals surface area contributed by atoms with Crippen molar-refractivity contribution in [1.29, 1.82) is 0 Å². The van der Waals surface area contributed by atoms with E-state index in [-0.39, 0.29) is 24.3 Å². The number of hydrogen-bond donors (Lipinski definition) is 2. The van der Waals surface area contributed by atoms with E-state index in [1.807, 2.05) is 30.3 Å². The Kier molecular flexibility index (Phi) is 8.29. The van der Waals surface area contributed by atoms with Crippen LogP contribution < -0.4 is 10.6 Å². The second kappa shape index (κ2) is 11.1. The zero-order valence-electron chi connectivity index (χ0n) is 17.4. The average molecular weight is 428 g/mol. The third-order valence-corrected chi connectivity index (χ3v) is 5.84. The molecule has 6 heteroatoms. The van der Waals surface area contributed by atoms with Crippen LogP contribution in [0.3, 0.4) is 0 Å². The second-order valence-corrected chi connectivity index (χ2v) is 8.21. The SMILES string of the molecule is CCCN1CCC(NC(=O)CC(NC(=O)c2ccccc2Cl)c2ccccc2)CC1. The molecule has 0 aliphatic carbocycles. The number of carbonyl (C=O) groups is 2. The van der Waals surface area contributed by atoms with Crippen LogP contribution >= 0.6 is 11.6 Å². The van der Waals surface area contributed by atoms with Gasteiger partial charge < -0.3 is 15.5 Å². The Balaban J connectivity index is 1.63. The Morgan fingerprint density at radius 3 is 2.40 bits per heavy atom. The Labute approximate surface area is 183 Å². The number of halogens is 1. The normalized spacial score (nSPS) is 16.1. The summed E-state index contributed by atoms with van der Waals surface area (Å²) in [7, 11) is 0. The lowest BCUT2D eigenvalue weighted by molar-refractivity contribution is -0.122. The zero-order chi connectivity index (χ0) is 21.3. The molecule has 2 aromatic carbocycles. The molecule has 1 atom stereocenters. The van der Waals surface area contributed by atoms with Gasteiger partial charge in [-0.15, -0.1) is 0 Å². The van der Waals surface area contributed by atoms with Gasteiger partial charge in [0.2, 0.25) is 5.91 Å². The molecule has 1 heterocycles. The minimum absolute atomic E-state index is 0.0442. The molecular formula is C24H30ClN3O2. The van der Waals surface area contributed by atoms with Crippen molar-refractivity contribution in [2.45, 2.75) is 44.7 Å². The van der Waals surface area contributed by atoms with Crippen molar-refractivity contribution in [3.63, 3.8) is 0 Å². The Hall–Kier alpha value is -2.37. The van der Waals surface area contributed by atoms with Gasteiger partial charge in [0.05, 0.1) is 23.0 Å². The topological polar surface area (TPSA) is 61.4 Å². The van der Waals surface area contributed by atoms with Gasteiger partial charge in [0.1, 0.15) is 0 Å². The van der Waals surface area contributed by atoms with Gasteiger partial charge in [0, 0.05) is 19.1 Å². The number of nitrogens with zero attached hydrogens (tertiary/aromatic N) is 1. The van der Waals surface area contributed by atoms with E-state index < -0.39 is 6.04 Å². The maximum absolute atomic E-state index is 12.8. The molecular weight excluding hydrogens is 398 g/mol. The van der Waals surface area contributed by atoms with Gasteiger partial charge in [-0.1, -0.05) is 61.0 Å². The summed E-state index contributed by atoms with van der Waals surface area (Å²) in [6.45, 7) is 5.34. The zero-order valence-corrected chi connectivity index (χ0v) is 18.2. The number of amides is 2.